The van der Waals surface area contributed by atoms with Crippen LogP contribution in [0.1, 0.15) is 5.69 Å². The highest BCUT2D eigenvalue weighted by atomic mass is 32.2. The Morgan fingerprint density at radius 3 is 2.56 bits per heavy atom. The Kier molecular flexibility index (Phi) is 7.26. The maximum Gasteiger partial charge on any atom is 0.234 e. The van der Waals surface area contributed by atoms with Crippen molar-refractivity contribution in [1.29, 1.82) is 0 Å². The summed E-state index contributed by atoms with van der Waals surface area (Å²) in [6.45, 7) is 0. The smallest absolute Gasteiger partial charge is 0.234 e. The summed E-state index contributed by atoms with van der Waals surface area (Å²) in [5, 5.41) is 7.51. The Hall–Kier alpha value is -2.87. The lowest BCUT2D eigenvalue weighted by molar-refractivity contribution is -0.116. The molecule has 0 bridgehead atoms. The number of rotatable bonds is 8. The minimum absolute atomic E-state index is 0.0311. The van der Waals surface area contributed by atoms with Gasteiger partial charge in [0.2, 0.25) is 11.8 Å². The lowest BCUT2D eigenvalue weighted by Gasteiger charge is -2.03. The van der Waals surface area contributed by atoms with Gasteiger partial charge in [-0.25, -0.2) is 22.8 Å². The Morgan fingerprint density at radius 2 is 1.82 bits per heavy atom. The molecule has 8 nitrogen and oxygen atoms in total. The fourth-order valence-electron chi connectivity index (χ4n) is 2.81. The van der Waals surface area contributed by atoms with Gasteiger partial charge in [-0.3, -0.25) is 9.59 Å². The van der Waals surface area contributed by atoms with E-state index in [2.05, 4.69) is 20.6 Å². The first kappa shape index (κ1) is 24.3. The zero-order valence-electron chi connectivity index (χ0n) is 17.6. The van der Waals surface area contributed by atoms with Crippen LogP contribution >= 0.6 is 34.4 Å². The number of hydrogen-bond acceptors (Lipinski definition) is 9. The van der Waals surface area contributed by atoms with E-state index in [0.29, 0.717) is 31.1 Å². The summed E-state index contributed by atoms with van der Waals surface area (Å²) in [6, 6.07) is 10.1. The van der Waals surface area contributed by atoms with Crippen LogP contribution in [0.15, 0.2) is 57.1 Å². The number of benzene rings is 2. The number of hydrogen-bond donors (Lipinski definition) is 2. The van der Waals surface area contributed by atoms with E-state index in [-0.39, 0.29) is 34.7 Å². The molecule has 0 saturated heterocycles. The zero-order valence-corrected chi connectivity index (χ0v) is 20.8. The molecule has 0 radical (unpaired) electrons. The summed E-state index contributed by atoms with van der Waals surface area (Å²) >= 11 is 3.76. The van der Waals surface area contributed by atoms with Crippen molar-refractivity contribution < 1.29 is 22.4 Å². The molecule has 0 saturated carbocycles. The number of thiazole rings is 2. The Bertz CT molecular complexity index is 1470. The van der Waals surface area contributed by atoms with Gasteiger partial charge in [-0.2, -0.15) is 0 Å². The van der Waals surface area contributed by atoms with Gasteiger partial charge in [-0.05, 0) is 42.5 Å². The van der Waals surface area contributed by atoms with Gasteiger partial charge in [0, 0.05) is 17.3 Å². The number of sulfone groups is 1. The van der Waals surface area contributed by atoms with E-state index in [0.717, 1.165) is 6.26 Å². The molecule has 34 heavy (non-hydrogen) atoms. The van der Waals surface area contributed by atoms with Crippen LogP contribution in [0.25, 0.3) is 10.2 Å². The van der Waals surface area contributed by atoms with Crippen molar-refractivity contribution >= 4 is 77.1 Å². The number of halogens is 1. The molecular weight excluding hydrogens is 520 g/mol. The number of aromatic nitrogens is 2. The van der Waals surface area contributed by atoms with Crippen molar-refractivity contribution in [2.45, 2.75) is 15.7 Å². The molecule has 2 N–H and O–H groups in total. The number of carbonyl (C=O) groups is 2. The molecule has 0 aliphatic heterocycles. The highest BCUT2D eigenvalue weighted by Gasteiger charge is 2.14. The molecule has 2 aromatic carbocycles. The molecule has 13 heteroatoms. The van der Waals surface area contributed by atoms with Gasteiger partial charge >= 0.3 is 0 Å². The van der Waals surface area contributed by atoms with Crippen molar-refractivity contribution in [2.75, 3.05) is 22.6 Å². The van der Waals surface area contributed by atoms with Gasteiger partial charge in [0.1, 0.15) is 5.82 Å². The quantitative estimate of drug-likeness (QED) is 0.324. The van der Waals surface area contributed by atoms with Crippen LogP contribution in [0.2, 0.25) is 0 Å². The van der Waals surface area contributed by atoms with E-state index in [1.54, 1.807) is 11.4 Å². The summed E-state index contributed by atoms with van der Waals surface area (Å²) in [7, 11) is -3.33. The van der Waals surface area contributed by atoms with Gasteiger partial charge in [0.05, 0.1) is 33.0 Å². The highest BCUT2D eigenvalue weighted by molar-refractivity contribution is 8.01. The first-order valence-corrected chi connectivity index (χ1v) is 14.3. The number of carbonyl (C=O) groups excluding carboxylic acids is 2. The Balaban J connectivity index is 1.30. The molecule has 2 amide bonds. The SMILES string of the molecule is CS(=O)(=O)c1ccc2nc(NC(=O)Cc3csc(SCC(=O)Nc4ccc(F)cc4)n3)sc2c1. The maximum absolute atomic E-state index is 12.9. The number of nitrogens with zero attached hydrogens (tertiary/aromatic N) is 2. The first-order valence-electron chi connectivity index (χ1n) is 9.69. The normalized spacial score (nSPS) is 11.5. The van der Waals surface area contributed by atoms with Crippen LogP contribution in [0.3, 0.4) is 0 Å². The van der Waals surface area contributed by atoms with E-state index in [9.17, 15) is 22.4 Å². The number of fused-ring (bicyclic) bond motifs is 1. The Morgan fingerprint density at radius 1 is 1.06 bits per heavy atom. The molecule has 4 aromatic rings. The first-order chi connectivity index (χ1) is 16.2. The predicted octanol–water partition coefficient (Wildman–Crippen LogP) is 4.21. The molecule has 0 aliphatic rings. The summed E-state index contributed by atoms with van der Waals surface area (Å²) in [5.74, 6) is -0.812. The van der Waals surface area contributed by atoms with Crippen molar-refractivity contribution in [3.8, 4) is 0 Å². The molecule has 0 spiro atoms. The molecule has 176 valence electrons. The molecule has 4 rings (SSSR count). The fraction of sp³-hybridized carbons (Fsp3) is 0.143. The number of nitrogens with one attached hydrogen (secondary N) is 2. The minimum atomic E-state index is -3.33. The standard InChI is InChI=1S/C21H17FN4O4S4/c1-34(29,30)15-6-7-16-17(9-15)33-20(25-16)26-18(27)8-14-10-31-21(24-14)32-11-19(28)23-13-4-2-12(22)3-5-13/h2-7,9-10H,8,11H2,1H3,(H,23,28)(H,25,26,27). The van der Waals surface area contributed by atoms with Crippen molar-refractivity contribution in [3.63, 3.8) is 0 Å². The number of anilines is 2. The van der Waals surface area contributed by atoms with Gasteiger partial charge in [-0.1, -0.05) is 23.1 Å². The highest BCUT2D eigenvalue weighted by Crippen LogP contribution is 2.28. The molecule has 2 aromatic heterocycles. The number of amides is 2. The largest absolute Gasteiger partial charge is 0.325 e. The average molecular weight is 537 g/mol. The molecule has 0 atom stereocenters. The van der Waals surface area contributed by atoms with Crippen LogP contribution in [0.5, 0.6) is 0 Å². The van der Waals surface area contributed by atoms with E-state index in [4.69, 9.17) is 0 Å². The van der Waals surface area contributed by atoms with Crippen LogP contribution in [-0.2, 0) is 25.8 Å². The van der Waals surface area contributed by atoms with E-state index in [1.807, 2.05) is 0 Å². The second kappa shape index (κ2) is 10.2. The van der Waals surface area contributed by atoms with Crippen molar-refractivity contribution in [3.05, 3.63) is 59.4 Å². The summed E-state index contributed by atoms with van der Waals surface area (Å²) in [6.07, 6.45) is 1.17. The summed E-state index contributed by atoms with van der Waals surface area (Å²) < 4.78 is 37.7. The fourth-order valence-corrected chi connectivity index (χ4v) is 6.10. The van der Waals surface area contributed by atoms with Gasteiger partial charge in [-0.15, -0.1) is 11.3 Å². The average Bonchev–Trinajstić information content (AvgIpc) is 3.38. The predicted molar refractivity (Wildman–Crippen MR) is 133 cm³/mol. The zero-order chi connectivity index (χ0) is 24.3. The molecule has 0 fully saturated rings. The number of thioether (sulfide) groups is 1. The topological polar surface area (TPSA) is 118 Å². The second-order valence-corrected chi connectivity index (χ2v) is 12.2. The summed E-state index contributed by atoms with van der Waals surface area (Å²) in [5.41, 5.74) is 1.66. The monoisotopic (exact) mass is 536 g/mol. The van der Waals surface area contributed by atoms with Crippen LogP contribution in [-0.4, -0.2) is 42.2 Å². The van der Waals surface area contributed by atoms with Crippen LogP contribution < -0.4 is 10.6 Å². The lowest BCUT2D eigenvalue weighted by atomic mass is 10.3. The van der Waals surface area contributed by atoms with Gasteiger partial charge in [0.15, 0.2) is 19.3 Å². The molecule has 0 unspecified atom stereocenters. The third-order valence-corrected chi connectivity index (χ3v) is 8.48. The van der Waals surface area contributed by atoms with E-state index in [1.165, 1.54) is 70.8 Å². The lowest BCUT2D eigenvalue weighted by Crippen LogP contribution is -2.14. The second-order valence-electron chi connectivity index (χ2n) is 7.09. The van der Waals surface area contributed by atoms with Gasteiger partial charge in [0.25, 0.3) is 0 Å². The van der Waals surface area contributed by atoms with Gasteiger partial charge < -0.3 is 10.6 Å². The van der Waals surface area contributed by atoms with Crippen molar-refractivity contribution in [1.82, 2.24) is 9.97 Å². The Labute approximate surface area is 206 Å². The van der Waals surface area contributed by atoms with Crippen LogP contribution in [0.4, 0.5) is 15.2 Å². The molecule has 2 heterocycles. The minimum Gasteiger partial charge on any atom is -0.325 e. The summed E-state index contributed by atoms with van der Waals surface area (Å²) in [4.78, 5) is 33.4. The van der Waals surface area contributed by atoms with Crippen LogP contribution in [0, 0.1) is 5.82 Å². The maximum atomic E-state index is 12.9. The van der Waals surface area contributed by atoms with E-state index >= 15 is 0 Å². The molecule has 0 aliphatic carbocycles. The van der Waals surface area contributed by atoms with E-state index < -0.39 is 9.84 Å². The van der Waals surface area contributed by atoms with Crippen molar-refractivity contribution in [2.24, 2.45) is 0 Å². The third kappa shape index (κ3) is 6.38. The molecular formula is C21H17FN4O4S4. The third-order valence-electron chi connectivity index (χ3n) is 4.36.